The topological polar surface area (TPSA) is 44.5 Å². The second-order valence-electron chi connectivity index (χ2n) is 3.82. The van der Waals surface area contributed by atoms with Crippen molar-refractivity contribution in [2.24, 2.45) is 0 Å². The SMILES string of the molecule is COc1cc(COc2ccc(Cl)cc2)ccc1N. The van der Waals surface area contributed by atoms with Crippen LogP contribution in [-0.2, 0) is 6.61 Å². The van der Waals surface area contributed by atoms with Crippen molar-refractivity contribution in [2.75, 3.05) is 12.8 Å². The molecule has 2 rings (SSSR count). The molecule has 0 aliphatic heterocycles. The van der Waals surface area contributed by atoms with E-state index in [2.05, 4.69) is 0 Å². The van der Waals surface area contributed by atoms with Crippen LogP contribution in [0.25, 0.3) is 0 Å². The first-order valence-corrected chi connectivity index (χ1v) is 5.87. The Hall–Kier alpha value is -1.87. The Morgan fingerprint density at radius 2 is 1.83 bits per heavy atom. The van der Waals surface area contributed by atoms with Crippen molar-refractivity contribution in [2.45, 2.75) is 6.61 Å². The average Bonchev–Trinajstić information content (AvgIpc) is 2.39. The van der Waals surface area contributed by atoms with Gasteiger partial charge in [-0.2, -0.15) is 0 Å². The van der Waals surface area contributed by atoms with Crippen LogP contribution in [0.1, 0.15) is 5.56 Å². The van der Waals surface area contributed by atoms with Crippen molar-refractivity contribution in [3.8, 4) is 11.5 Å². The van der Waals surface area contributed by atoms with E-state index in [9.17, 15) is 0 Å². The summed E-state index contributed by atoms with van der Waals surface area (Å²) in [6.45, 7) is 0.457. The second kappa shape index (κ2) is 5.65. The van der Waals surface area contributed by atoms with E-state index in [4.69, 9.17) is 26.8 Å². The Balaban J connectivity index is 2.04. The number of rotatable bonds is 4. The third-order valence-corrected chi connectivity index (χ3v) is 2.77. The van der Waals surface area contributed by atoms with Gasteiger partial charge in [0.15, 0.2) is 0 Å². The zero-order valence-electron chi connectivity index (χ0n) is 10.0. The number of benzene rings is 2. The van der Waals surface area contributed by atoms with Gasteiger partial charge in [-0.05, 0) is 42.0 Å². The van der Waals surface area contributed by atoms with Crippen molar-refractivity contribution in [3.05, 3.63) is 53.1 Å². The van der Waals surface area contributed by atoms with Crippen molar-refractivity contribution >= 4 is 17.3 Å². The molecular formula is C14H14ClNO2. The van der Waals surface area contributed by atoms with Gasteiger partial charge in [0.25, 0.3) is 0 Å². The van der Waals surface area contributed by atoms with Gasteiger partial charge < -0.3 is 15.2 Å². The minimum absolute atomic E-state index is 0.457. The number of nitrogen functional groups attached to an aromatic ring is 1. The van der Waals surface area contributed by atoms with Gasteiger partial charge in [0.2, 0.25) is 0 Å². The largest absolute Gasteiger partial charge is 0.495 e. The van der Waals surface area contributed by atoms with Gasteiger partial charge in [-0.15, -0.1) is 0 Å². The second-order valence-corrected chi connectivity index (χ2v) is 4.26. The number of nitrogens with two attached hydrogens (primary N) is 1. The first kappa shape index (κ1) is 12.6. The molecule has 0 atom stereocenters. The van der Waals surface area contributed by atoms with Crippen LogP contribution in [0.5, 0.6) is 11.5 Å². The molecule has 2 aromatic carbocycles. The van der Waals surface area contributed by atoms with E-state index >= 15 is 0 Å². The molecule has 2 N–H and O–H groups in total. The third kappa shape index (κ3) is 3.08. The molecule has 0 amide bonds. The molecule has 4 heteroatoms. The van der Waals surface area contributed by atoms with E-state index in [0.29, 0.717) is 23.1 Å². The lowest BCUT2D eigenvalue weighted by Gasteiger charge is -2.09. The molecule has 0 aliphatic rings. The highest BCUT2D eigenvalue weighted by Gasteiger charge is 2.02. The van der Waals surface area contributed by atoms with Crippen molar-refractivity contribution in [1.82, 2.24) is 0 Å². The summed E-state index contributed by atoms with van der Waals surface area (Å²) in [7, 11) is 1.59. The molecule has 0 heterocycles. The Morgan fingerprint density at radius 3 is 2.50 bits per heavy atom. The summed E-state index contributed by atoms with van der Waals surface area (Å²) in [5.41, 5.74) is 7.36. The molecule has 0 radical (unpaired) electrons. The maximum atomic E-state index is 5.80. The molecule has 0 saturated heterocycles. The number of halogens is 1. The predicted molar refractivity (Wildman–Crippen MR) is 73.2 cm³/mol. The normalized spacial score (nSPS) is 10.1. The zero-order valence-corrected chi connectivity index (χ0v) is 10.8. The Bertz CT molecular complexity index is 526. The van der Waals surface area contributed by atoms with Crippen LogP contribution >= 0.6 is 11.6 Å². The fraction of sp³-hybridized carbons (Fsp3) is 0.143. The van der Waals surface area contributed by atoms with E-state index in [1.807, 2.05) is 24.3 Å². The smallest absolute Gasteiger partial charge is 0.142 e. The number of hydrogen-bond acceptors (Lipinski definition) is 3. The van der Waals surface area contributed by atoms with E-state index in [-0.39, 0.29) is 0 Å². The molecule has 2 aromatic rings. The summed E-state index contributed by atoms with van der Waals surface area (Å²) in [6, 6.07) is 12.8. The molecule has 0 fully saturated rings. The Labute approximate surface area is 111 Å². The maximum Gasteiger partial charge on any atom is 0.142 e. The first-order valence-electron chi connectivity index (χ1n) is 5.50. The van der Waals surface area contributed by atoms with E-state index in [0.717, 1.165) is 11.3 Å². The minimum Gasteiger partial charge on any atom is -0.495 e. The summed E-state index contributed by atoms with van der Waals surface area (Å²) in [5.74, 6) is 1.43. The highest BCUT2D eigenvalue weighted by molar-refractivity contribution is 6.30. The van der Waals surface area contributed by atoms with E-state index in [1.54, 1.807) is 25.3 Å². The van der Waals surface area contributed by atoms with Gasteiger partial charge in [-0.25, -0.2) is 0 Å². The molecule has 0 saturated carbocycles. The fourth-order valence-electron chi connectivity index (χ4n) is 1.54. The summed E-state index contributed by atoms with van der Waals surface area (Å²) < 4.78 is 10.8. The maximum absolute atomic E-state index is 5.80. The van der Waals surface area contributed by atoms with E-state index in [1.165, 1.54) is 0 Å². The average molecular weight is 264 g/mol. The standard InChI is InChI=1S/C14H14ClNO2/c1-17-14-8-10(2-7-13(14)16)9-18-12-5-3-11(15)4-6-12/h2-8H,9,16H2,1H3. The first-order chi connectivity index (χ1) is 8.69. The lowest BCUT2D eigenvalue weighted by Crippen LogP contribution is -1.98. The fourth-order valence-corrected chi connectivity index (χ4v) is 1.67. The van der Waals surface area contributed by atoms with Crippen LogP contribution < -0.4 is 15.2 Å². The lowest BCUT2D eigenvalue weighted by molar-refractivity contribution is 0.305. The lowest BCUT2D eigenvalue weighted by atomic mass is 10.2. The van der Waals surface area contributed by atoms with Crippen LogP contribution in [0.2, 0.25) is 5.02 Å². The molecule has 0 bridgehead atoms. The van der Waals surface area contributed by atoms with Gasteiger partial charge in [-0.3, -0.25) is 0 Å². The molecule has 0 unspecified atom stereocenters. The Morgan fingerprint density at radius 1 is 1.11 bits per heavy atom. The van der Waals surface area contributed by atoms with Crippen molar-refractivity contribution in [1.29, 1.82) is 0 Å². The van der Waals surface area contributed by atoms with Gasteiger partial charge >= 0.3 is 0 Å². The zero-order chi connectivity index (χ0) is 13.0. The number of hydrogen-bond donors (Lipinski definition) is 1. The molecule has 0 aromatic heterocycles. The van der Waals surface area contributed by atoms with Gasteiger partial charge in [0.1, 0.15) is 18.1 Å². The third-order valence-electron chi connectivity index (χ3n) is 2.52. The van der Waals surface area contributed by atoms with Crippen LogP contribution in [-0.4, -0.2) is 7.11 Å². The van der Waals surface area contributed by atoms with Gasteiger partial charge in [0.05, 0.1) is 12.8 Å². The highest BCUT2D eigenvalue weighted by Crippen LogP contribution is 2.23. The van der Waals surface area contributed by atoms with Crippen molar-refractivity contribution in [3.63, 3.8) is 0 Å². The van der Waals surface area contributed by atoms with E-state index < -0.39 is 0 Å². The number of anilines is 1. The number of ether oxygens (including phenoxy) is 2. The molecular weight excluding hydrogens is 250 g/mol. The summed E-state index contributed by atoms with van der Waals surface area (Å²) in [4.78, 5) is 0. The monoisotopic (exact) mass is 263 g/mol. The molecule has 0 aliphatic carbocycles. The summed E-state index contributed by atoms with van der Waals surface area (Å²) in [6.07, 6.45) is 0. The van der Waals surface area contributed by atoms with Crippen LogP contribution in [0.3, 0.4) is 0 Å². The van der Waals surface area contributed by atoms with Gasteiger partial charge in [-0.1, -0.05) is 17.7 Å². The molecule has 94 valence electrons. The van der Waals surface area contributed by atoms with Crippen LogP contribution in [0.15, 0.2) is 42.5 Å². The van der Waals surface area contributed by atoms with Gasteiger partial charge in [0, 0.05) is 5.02 Å². The molecule has 3 nitrogen and oxygen atoms in total. The number of methoxy groups -OCH3 is 1. The molecule has 0 spiro atoms. The Kier molecular flexibility index (Phi) is 3.95. The quantitative estimate of drug-likeness (QED) is 0.859. The summed E-state index contributed by atoms with van der Waals surface area (Å²) >= 11 is 5.80. The van der Waals surface area contributed by atoms with Crippen LogP contribution in [0, 0.1) is 0 Å². The highest BCUT2D eigenvalue weighted by atomic mass is 35.5. The van der Waals surface area contributed by atoms with Crippen LogP contribution in [0.4, 0.5) is 5.69 Å². The predicted octanol–water partition coefficient (Wildman–Crippen LogP) is 3.51. The minimum atomic E-state index is 0.457. The molecule has 18 heavy (non-hydrogen) atoms. The summed E-state index contributed by atoms with van der Waals surface area (Å²) in [5, 5.41) is 0.691. The van der Waals surface area contributed by atoms with Crippen molar-refractivity contribution < 1.29 is 9.47 Å².